The van der Waals surface area contributed by atoms with Gasteiger partial charge in [-0.25, -0.2) is 5.43 Å². The van der Waals surface area contributed by atoms with Crippen LogP contribution in [0.15, 0.2) is 0 Å². The molecule has 7 heteroatoms. The molecule has 0 aromatic carbocycles. The van der Waals surface area contributed by atoms with Crippen LogP contribution in [0.1, 0.15) is 33.6 Å². The highest BCUT2D eigenvalue weighted by Crippen LogP contribution is 2.22. The predicted octanol–water partition coefficient (Wildman–Crippen LogP) is 0.627. The van der Waals surface area contributed by atoms with Gasteiger partial charge < -0.3 is 10.2 Å². The average molecular weight is 360 g/mol. The molecule has 1 amide bonds. The van der Waals surface area contributed by atoms with Gasteiger partial charge >= 0.3 is 0 Å². The molecule has 0 bridgehead atoms. The molecule has 2 rings (SSSR count). The minimum absolute atomic E-state index is 0.0697. The molecule has 2 aliphatic rings. The molecule has 2 fully saturated rings. The molecule has 2 heterocycles. The minimum atomic E-state index is -0.475. The number of piperazine rings is 1. The summed E-state index contributed by atoms with van der Waals surface area (Å²) < 4.78 is 0. The van der Waals surface area contributed by atoms with Crippen molar-refractivity contribution in [2.24, 2.45) is 5.92 Å². The summed E-state index contributed by atoms with van der Waals surface area (Å²) in [6.45, 7) is 11.7. The van der Waals surface area contributed by atoms with E-state index in [1.165, 1.54) is 12.8 Å². The van der Waals surface area contributed by atoms with Crippen LogP contribution in [0.4, 0.5) is 0 Å². The second kappa shape index (κ2) is 9.34. The fraction of sp³-hybridized carbons (Fsp3) is 0.941. The van der Waals surface area contributed by atoms with Crippen molar-refractivity contribution in [2.45, 2.75) is 57.1 Å². The van der Waals surface area contributed by atoms with E-state index in [0.29, 0.717) is 24.5 Å². The van der Waals surface area contributed by atoms with Crippen molar-refractivity contribution in [3.8, 4) is 0 Å². The van der Waals surface area contributed by atoms with Crippen LogP contribution in [0.25, 0.3) is 0 Å². The van der Waals surface area contributed by atoms with E-state index in [4.69, 9.17) is 11.6 Å². The monoisotopic (exact) mass is 359 g/mol. The fourth-order valence-corrected chi connectivity index (χ4v) is 4.51. The molecule has 0 radical (unpaired) electrons. The molecule has 4 unspecified atom stereocenters. The van der Waals surface area contributed by atoms with Gasteiger partial charge in [0.2, 0.25) is 0 Å². The van der Waals surface area contributed by atoms with Gasteiger partial charge in [0.15, 0.2) is 0 Å². The van der Waals surface area contributed by atoms with E-state index in [0.717, 1.165) is 26.2 Å². The quantitative estimate of drug-likeness (QED) is 0.582. The Kier molecular flexibility index (Phi) is 7.75. The first-order chi connectivity index (χ1) is 11.5. The van der Waals surface area contributed by atoms with Gasteiger partial charge in [0.25, 0.3) is 5.91 Å². The number of halogens is 1. The maximum atomic E-state index is 11.8. The van der Waals surface area contributed by atoms with Crippen molar-refractivity contribution in [2.75, 3.05) is 39.8 Å². The number of carbonyl (C=O) groups excluding carboxylic acids is 1. The Morgan fingerprint density at radius 3 is 2.67 bits per heavy atom. The zero-order valence-corrected chi connectivity index (χ0v) is 16.3. The Hall–Kier alpha value is -0.400. The summed E-state index contributed by atoms with van der Waals surface area (Å²) in [5, 5.41) is 2.99. The SMILES string of the molecule is CCC(CN1CCN(C2CNNC(=O)C2Cl)[C@H](C)C1)C(CC)NC. The molecule has 0 saturated carbocycles. The lowest BCUT2D eigenvalue weighted by molar-refractivity contribution is -0.125. The van der Waals surface area contributed by atoms with E-state index in [1.54, 1.807) is 0 Å². The summed E-state index contributed by atoms with van der Waals surface area (Å²) in [5.74, 6) is 0.565. The molecule has 2 aliphatic heterocycles. The van der Waals surface area contributed by atoms with E-state index in [1.807, 2.05) is 0 Å². The summed E-state index contributed by atoms with van der Waals surface area (Å²) >= 11 is 6.34. The van der Waals surface area contributed by atoms with E-state index in [2.05, 4.69) is 53.8 Å². The van der Waals surface area contributed by atoms with Crippen LogP contribution < -0.4 is 16.2 Å². The second-order valence-electron chi connectivity index (χ2n) is 7.16. The number of carbonyl (C=O) groups is 1. The largest absolute Gasteiger partial charge is 0.317 e. The summed E-state index contributed by atoms with van der Waals surface area (Å²) in [6.07, 6.45) is 2.37. The zero-order chi connectivity index (χ0) is 17.7. The lowest BCUT2D eigenvalue weighted by Gasteiger charge is -2.47. The molecule has 3 N–H and O–H groups in total. The highest BCUT2D eigenvalue weighted by atomic mass is 35.5. The van der Waals surface area contributed by atoms with Gasteiger partial charge in [-0.1, -0.05) is 20.3 Å². The summed E-state index contributed by atoms with van der Waals surface area (Å²) in [7, 11) is 2.07. The number of amides is 1. The number of hydrazine groups is 1. The Morgan fingerprint density at radius 1 is 1.33 bits per heavy atom. The van der Waals surface area contributed by atoms with Crippen LogP contribution >= 0.6 is 11.6 Å². The topological polar surface area (TPSA) is 59.6 Å². The number of nitrogens with one attached hydrogen (secondary N) is 3. The van der Waals surface area contributed by atoms with Crippen molar-refractivity contribution in [1.82, 2.24) is 26.0 Å². The highest BCUT2D eigenvalue weighted by molar-refractivity contribution is 6.31. The molecule has 2 saturated heterocycles. The molecular weight excluding hydrogens is 326 g/mol. The molecule has 0 aromatic heterocycles. The number of rotatable bonds is 7. The highest BCUT2D eigenvalue weighted by Gasteiger charge is 2.38. The van der Waals surface area contributed by atoms with Gasteiger partial charge in [-0.15, -0.1) is 11.6 Å². The van der Waals surface area contributed by atoms with Crippen LogP contribution in [-0.4, -0.2) is 79.0 Å². The standard InChI is InChI=1S/C17H34ClN5O/c1-5-13(14(6-2)19-4)11-22-7-8-23(12(3)10-22)15-9-20-21-17(24)16(15)18/h12-16,19-20H,5-11H2,1-4H3,(H,21,24)/t12-,13?,14?,15?,16?/m1/s1. The molecule has 140 valence electrons. The first kappa shape index (κ1) is 19.9. The van der Waals surface area contributed by atoms with Crippen LogP contribution in [0.2, 0.25) is 0 Å². The van der Waals surface area contributed by atoms with Gasteiger partial charge in [0, 0.05) is 50.8 Å². The molecule has 24 heavy (non-hydrogen) atoms. The van der Waals surface area contributed by atoms with Crippen molar-refractivity contribution in [3.63, 3.8) is 0 Å². The van der Waals surface area contributed by atoms with Crippen LogP contribution in [0.3, 0.4) is 0 Å². The van der Waals surface area contributed by atoms with Crippen LogP contribution in [-0.2, 0) is 4.79 Å². The van der Waals surface area contributed by atoms with E-state index in [-0.39, 0.29) is 11.9 Å². The number of hydrogen-bond acceptors (Lipinski definition) is 5. The lowest BCUT2D eigenvalue weighted by Crippen LogP contribution is -2.66. The first-order valence-corrected chi connectivity index (χ1v) is 9.77. The van der Waals surface area contributed by atoms with Gasteiger partial charge in [0.05, 0.1) is 0 Å². The number of alkyl halides is 1. The Bertz CT molecular complexity index is 406. The third kappa shape index (κ3) is 4.61. The second-order valence-corrected chi connectivity index (χ2v) is 7.63. The third-order valence-corrected chi connectivity index (χ3v) is 6.19. The summed E-state index contributed by atoms with van der Waals surface area (Å²) in [4.78, 5) is 16.8. The van der Waals surface area contributed by atoms with E-state index in [9.17, 15) is 4.79 Å². The van der Waals surface area contributed by atoms with Crippen molar-refractivity contribution in [1.29, 1.82) is 0 Å². The molecule has 0 spiro atoms. The Balaban J connectivity index is 1.91. The first-order valence-electron chi connectivity index (χ1n) is 9.33. The van der Waals surface area contributed by atoms with Gasteiger partial charge in [-0.2, -0.15) is 0 Å². The van der Waals surface area contributed by atoms with Crippen LogP contribution in [0.5, 0.6) is 0 Å². The van der Waals surface area contributed by atoms with Crippen LogP contribution in [0, 0.1) is 5.92 Å². The maximum Gasteiger partial charge on any atom is 0.253 e. The molecule has 0 aromatic rings. The average Bonchev–Trinajstić information content (AvgIpc) is 2.58. The summed E-state index contributed by atoms with van der Waals surface area (Å²) in [6, 6.07) is 1.06. The van der Waals surface area contributed by atoms with E-state index < -0.39 is 5.38 Å². The number of hydrogen-bond donors (Lipinski definition) is 3. The van der Waals surface area contributed by atoms with Crippen molar-refractivity contribution in [3.05, 3.63) is 0 Å². The van der Waals surface area contributed by atoms with E-state index >= 15 is 0 Å². The molecule has 6 nitrogen and oxygen atoms in total. The lowest BCUT2D eigenvalue weighted by atomic mass is 9.93. The van der Waals surface area contributed by atoms with Gasteiger partial charge in [-0.3, -0.25) is 15.1 Å². The smallest absolute Gasteiger partial charge is 0.253 e. The predicted molar refractivity (Wildman–Crippen MR) is 99.1 cm³/mol. The molecule has 5 atom stereocenters. The van der Waals surface area contributed by atoms with Gasteiger partial charge in [0.1, 0.15) is 5.38 Å². The normalized spacial score (nSPS) is 32.4. The maximum absolute atomic E-state index is 11.8. The minimum Gasteiger partial charge on any atom is -0.317 e. The third-order valence-electron chi connectivity index (χ3n) is 5.70. The number of nitrogens with zero attached hydrogens (tertiary/aromatic N) is 2. The summed E-state index contributed by atoms with van der Waals surface area (Å²) in [5.41, 5.74) is 5.59. The van der Waals surface area contributed by atoms with Gasteiger partial charge in [-0.05, 0) is 26.3 Å². The molecular formula is C17H34ClN5O. The molecule has 0 aliphatic carbocycles. The Morgan fingerprint density at radius 2 is 2.08 bits per heavy atom. The van der Waals surface area contributed by atoms with Crippen molar-refractivity contribution >= 4 is 17.5 Å². The fourth-order valence-electron chi connectivity index (χ4n) is 4.23. The zero-order valence-electron chi connectivity index (χ0n) is 15.5. The Labute approximate surface area is 151 Å². The van der Waals surface area contributed by atoms with Crippen molar-refractivity contribution < 1.29 is 4.79 Å².